The first-order chi connectivity index (χ1) is 10.6. The highest BCUT2D eigenvalue weighted by molar-refractivity contribution is 5.60. The maximum Gasteiger partial charge on any atom is 0.509 e. The van der Waals surface area contributed by atoms with E-state index in [4.69, 9.17) is 29.5 Å². The molecule has 0 aromatic rings. The molecule has 0 fully saturated rings. The van der Waals surface area contributed by atoms with Crippen molar-refractivity contribution in [2.45, 2.75) is 92.6 Å². The molecule has 0 saturated carbocycles. The van der Waals surface area contributed by atoms with Crippen LogP contribution in [0.3, 0.4) is 0 Å². The molecule has 0 rings (SSSR count). The Bertz CT molecular complexity index is 303. The van der Waals surface area contributed by atoms with Crippen LogP contribution in [0.5, 0.6) is 0 Å². The Morgan fingerprint density at radius 1 is 0.667 bits per heavy atom. The van der Waals surface area contributed by atoms with Crippen molar-refractivity contribution in [3.05, 3.63) is 0 Å². The average molecular weight is 354 g/mol. The molecule has 0 aromatic carbocycles. The average Bonchev–Trinajstić information content (AvgIpc) is 2.24. The van der Waals surface area contributed by atoms with Crippen LogP contribution in [-0.2, 0) is 18.9 Å². The van der Waals surface area contributed by atoms with Crippen molar-refractivity contribution in [2.75, 3.05) is 0 Å². The Hall–Kier alpha value is -1.54. The van der Waals surface area contributed by atoms with Gasteiger partial charge in [0.25, 0.3) is 0 Å². The van der Waals surface area contributed by atoms with E-state index in [1.807, 2.05) is 0 Å². The Morgan fingerprint density at radius 2 is 0.875 bits per heavy atom. The Kier molecular flexibility index (Phi) is 14.6. The molecule has 0 unspecified atom stereocenters. The maximum absolute atomic E-state index is 10.8. The van der Waals surface area contributed by atoms with Crippen molar-refractivity contribution >= 4 is 12.3 Å². The molecular formula is C16H34O8. The molecule has 0 radical (unpaired) electrons. The summed E-state index contributed by atoms with van der Waals surface area (Å²) in [6, 6.07) is 0. The fraction of sp³-hybridized carbons (Fsp3) is 0.875. The van der Waals surface area contributed by atoms with Crippen molar-refractivity contribution < 1.29 is 39.1 Å². The second-order valence-corrected chi connectivity index (χ2v) is 7.26. The van der Waals surface area contributed by atoms with Crippen LogP contribution in [0.4, 0.5) is 9.59 Å². The largest absolute Gasteiger partial charge is 0.509 e. The summed E-state index contributed by atoms with van der Waals surface area (Å²) in [6.45, 7) is 17.9. The van der Waals surface area contributed by atoms with Gasteiger partial charge in [0.2, 0.25) is 0 Å². The summed E-state index contributed by atoms with van der Waals surface area (Å²) in [6.07, 6.45) is -1.45. The number of ether oxygens (including phenoxy) is 4. The van der Waals surface area contributed by atoms with Crippen LogP contribution < -0.4 is 0 Å². The first-order valence-corrected chi connectivity index (χ1v) is 7.61. The maximum atomic E-state index is 10.8. The standard InChI is InChI=1S/2C8H16O3.H2O2/c2*1-6(2)10-7(9)11-8(3,4)5;1-2/h2*6H,1-5H3;1-2H. The van der Waals surface area contributed by atoms with Gasteiger partial charge in [-0.2, -0.15) is 0 Å². The van der Waals surface area contributed by atoms with Crippen molar-refractivity contribution in [1.29, 1.82) is 0 Å². The van der Waals surface area contributed by atoms with E-state index in [0.717, 1.165) is 0 Å². The predicted octanol–water partition coefficient (Wildman–Crippen LogP) is 4.71. The van der Waals surface area contributed by atoms with Crippen LogP contribution in [0.15, 0.2) is 0 Å². The first-order valence-electron chi connectivity index (χ1n) is 7.61. The van der Waals surface area contributed by atoms with Crippen molar-refractivity contribution in [2.24, 2.45) is 0 Å². The Balaban J connectivity index is -0.000000333. The minimum Gasteiger partial charge on any atom is -0.432 e. The molecule has 0 heterocycles. The summed E-state index contributed by atoms with van der Waals surface area (Å²) in [4.78, 5) is 21.6. The van der Waals surface area contributed by atoms with Crippen LogP contribution in [0.25, 0.3) is 0 Å². The van der Waals surface area contributed by atoms with E-state index in [1.54, 1.807) is 69.2 Å². The van der Waals surface area contributed by atoms with Gasteiger partial charge in [0.15, 0.2) is 0 Å². The number of carbonyl (C=O) groups is 2. The summed E-state index contributed by atoms with van der Waals surface area (Å²) in [5.41, 5.74) is -0.933. The van der Waals surface area contributed by atoms with Gasteiger partial charge in [0.05, 0.1) is 12.2 Å². The van der Waals surface area contributed by atoms with E-state index in [1.165, 1.54) is 0 Å². The SMILES string of the molecule is CC(C)OC(=O)OC(C)(C)C.CC(C)OC(=O)OC(C)(C)C.OO. The fourth-order valence-electron chi connectivity index (χ4n) is 0.933. The van der Waals surface area contributed by atoms with Gasteiger partial charge in [-0.3, -0.25) is 10.5 Å². The van der Waals surface area contributed by atoms with E-state index < -0.39 is 23.5 Å². The molecule has 0 bridgehead atoms. The number of hydrogen-bond donors (Lipinski definition) is 2. The molecule has 0 aliphatic heterocycles. The number of hydrogen-bond acceptors (Lipinski definition) is 8. The Morgan fingerprint density at radius 3 is 1.00 bits per heavy atom. The van der Waals surface area contributed by atoms with Gasteiger partial charge in [-0.1, -0.05) is 0 Å². The van der Waals surface area contributed by atoms with Gasteiger partial charge in [-0.25, -0.2) is 9.59 Å². The van der Waals surface area contributed by atoms with Crippen molar-refractivity contribution in [1.82, 2.24) is 0 Å². The quantitative estimate of drug-likeness (QED) is 0.416. The highest BCUT2D eigenvalue weighted by Crippen LogP contribution is 2.09. The zero-order valence-electron chi connectivity index (χ0n) is 16.5. The zero-order valence-corrected chi connectivity index (χ0v) is 16.5. The molecule has 0 aromatic heterocycles. The third-order valence-electron chi connectivity index (χ3n) is 1.44. The molecular weight excluding hydrogens is 320 g/mol. The van der Waals surface area contributed by atoms with Crippen LogP contribution in [-0.4, -0.2) is 46.2 Å². The van der Waals surface area contributed by atoms with Crippen LogP contribution in [0.1, 0.15) is 69.2 Å². The molecule has 8 nitrogen and oxygen atoms in total. The van der Waals surface area contributed by atoms with E-state index in [2.05, 4.69) is 0 Å². The summed E-state index contributed by atoms with van der Waals surface area (Å²) >= 11 is 0. The van der Waals surface area contributed by atoms with E-state index >= 15 is 0 Å². The monoisotopic (exact) mass is 354 g/mol. The molecule has 0 saturated heterocycles. The second-order valence-electron chi connectivity index (χ2n) is 7.26. The summed E-state index contributed by atoms with van der Waals surface area (Å²) in [5, 5.41) is 12.0. The lowest BCUT2D eigenvalue weighted by Crippen LogP contribution is -2.26. The molecule has 0 aliphatic carbocycles. The summed E-state index contributed by atoms with van der Waals surface area (Å²) in [7, 11) is 0. The highest BCUT2D eigenvalue weighted by atomic mass is 17.0. The topological polar surface area (TPSA) is 112 Å². The molecule has 2 N–H and O–H groups in total. The molecule has 0 atom stereocenters. The normalized spacial score (nSPS) is 10.8. The van der Waals surface area contributed by atoms with Crippen molar-refractivity contribution in [3.8, 4) is 0 Å². The zero-order chi connectivity index (χ0) is 20.1. The van der Waals surface area contributed by atoms with Gasteiger partial charge >= 0.3 is 12.3 Å². The highest BCUT2D eigenvalue weighted by Gasteiger charge is 2.18. The lowest BCUT2D eigenvalue weighted by atomic mass is 10.2. The van der Waals surface area contributed by atoms with Crippen molar-refractivity contribution in [3.63, 3.8) is 0 Å². The van der Waals surface area contributed by atoms with Gasteiger partial charge < -0.3 is 18.9 Å². The minimum absolute atomic E-state index is 0.121. The predicted molar refractivity (Wildman–Crippen MR) is 90.2 cm³/mol. The summed E-state index contributed by atoms with van der Waals surface area (Å²) in [5.74, 6) is 0. The lowest BCUT2D eigenvalue weighted by molar-refractivity contribution is -0.176. The van der Waals surface area contributed by atoms with Gasteiger partial charge in [-0.05, 0) is 69.2 Å². The molecule has 146 valence electrons. The van der Waals surface area contributed by atoms with Crippen LogP contribution in [0, 0.1) is 0 Å². The lowest BCUT2D eigenvalue weighted by Gasteiger charge is -2.19. The molecule has 0 amide bonds. The molecule has 0 spiro atoms. The smallest absolute Gasteiger partial charge is 0.432 e. The van der Waals surface area contributed by atoms with E-state index in [-0.39, 0.29) is 12.2 Å². The molecule has 24 heavy (non-hydrogen) atoms. The number of carbonyl (C=O) groups excluding carboxylic acids is 2. The minimum atomic E-state index is -0.604. The van der Waals surface area contributed by atoms with Gasteiger partial charge in [0, 0.05) is 0 Å². The third kappa shape index (κ3) is 28.6. The molecule has 0 aliphatic rings. The van der Waals surface area contributed by atoms with Gasteiger partial charge in [0.1, 0.15) is 11.2 Å². The van der Waals surface area contributed by atoms with E-state index in [0.29, 0.717) is 0 Å². The first kappa shape index (κ1) is 27.3. The third-order valence-corrected chi connectivity index (χ3v) is 1.44. The number of rotatable bonds is 2. The van der Waals surface area contributed by atoms with Crippen LogP contribution >= 0.6 is 0 Å². The summed E-state index contributed by atoms with van der Waals surface area (Å²) < 4.78 is 19.3. The molecule has 8 heteroatoms. The van der Waals surface area contributed by atoms with Crippen LogP contribution in [0.2, 0.25) is 0 Å². The fourth-order valence-corrected chi connectivity index (χ4v) is 0.933. The second kappa shape index (κ2) is 12.8. The van der Waals surface area contributed by atoms with E-state index in [9.17, 15) is 9.59 Å². The van der Waals surface area contributed by atoms with Gasteiger partial charge in [-0.15, -0.1) is 0 Å². The Labute approximate surface area is 145 Å².